The Balaban J connectivity index is 1.21. The van der Waals surface area contributed by atoms with E-state index in [1.165, 1.54) is 43.4 Å². The van der Waals surface area contributed by atoms with Crippen LogP contribution in [0.15, 0.2) is 29.3 Å². The molecule has 2 heterocycles. The van der Waals surface area contributed by atoms with Crippen molar-refractivity contribution < 1.29 is 4.79 Å². The van der Waals surface area contributed by atoms with Crippen molar-refractivity contribution in [2.45, 2.75) is 70.9 Å². The van der Waals surface area contributed by atoms with Gasteiger partial charge in [0.25, 0.3) is 0 Å². The van der Waals surface area contributed by atoms with Gasteiger partial charge in [-0.1, -0.05) is 38.3 Å². The molecule has 1 amide bonds. The van der Waals surface area contributed by atoms with Gasteiger partial charge < -0.3 is 20.4 Å². The van der Waals surface area contributed by atoms with Crippen LogP contribution in [0.4, 0.5) is 5.69 Å². The quantitative estimate of drug-likeness (QED) is 0.542. The van der Waals surface area contributed by atoms with E-state index in [1.54, 1.807) is 0 Å². The maximum absolute atomic E-state index is 12.8. The molecule has 2 saturated heterocycles. The zero-order valence-electron chi connectivity index (χ0n) is 20.0. The Morgan fingerprint density at radius 2 is 1.72 bits per heavy atom. The van der Waals surface area contributed by atoms with Gasteiger partial charge in [-0.3, -0.25) is 9.79 Å². The van der Waals surface area contributed by atoms with Gasteiger partial charge in [0.2, 0.25) is 5.91 Å². The van der Waals surface area contributed by atoms with E-state index in [-0.39, 0.29) is 12.0 Å². The van der Waals surface area contributed by atoms with Crippen LogP contribution >= 0.6 is 0 Å². The number of rotatable bonds is 5. The second-order valence-corrected chi connectivity index (χ2v) is 10.0. The number of amides is 1. The number of hydrogen-bond donors (Lipinski definition) is 2. The van der Waals surface area contributed by atoms with E-state index in [0.29, 0.717) is 5.91 Å². The summed E-state index contributed by atoms with van der Waals surface area (Å²) in [6.45, 7) is 7.08. The number of nitrogens with zero attached hydrogens (tertiary/aromatic N) is 3. The zero-order valence-corrected chi connectivity index (χ0v) is 20.0. The van der Waals surface area contributed by atoms with Crippen molar-refractivity contribution in [3.63, 3.8) is 0 Å². The van der Waals surface area contributed by atoms with Crippen LogP contribution in [0.3, 0.4) is 0 Å². The third-order valence-corrected chi connectivity index (χ3v) is 7.56. The van der Waals surface area contributed by atoms with Gasteiger partial charge in [-0.25, -0.2) is 0 Å². The van der Waals surface area contributed by atoms with Crippen LogP contribution in [0.2, 0.25) is 0 Å². The lowest BCUT2D eigenvalue weighted by atomic mass is 9.88. The molecule has 1 unspecified atom stereocenters. The van der Waals surface area contributed by atoms with E-state index in [0.717, 1.165) is 63.9 Å². The topological polar surface area (TPSA) is 60.0 Å². The summed E-state index contributed by atoms with van der Waals surface area (Å²) in [6.07, 6.45) is 9.42. The molecule has 2 aliphatic heterocycles. The standard InChI is InChI=1S/C26H41N5O/c1-20-12-15-30(16-13-20)24-10-8-21(9-11-24)18-28-26(27-2)29-23-14-17-31(19-23)25(32)22-6-4-3-5-7-22/h8-11,20,22-23H,3-7,12-19H2,1-2H3,(H2,27,28,29). The molecular weight excluding hydrogens is 398 g/mol. The number of benzene rings is 1. The largest absolute Gasteiger partial charge is 0.372 e. The minimum absolute atomic E-state index is 0.260. The number of guanidine groups is 1. The van der Waals surface area contributed by atoms with Gasteiger partial charge >= 0.3 is 0 Å². The predicted octanol–water partition coefficient (Wildman–Crippen LogP) is 3.77. The third-order valence-electron chi connectivity index (χ3n) is 7.56. The number of anilines is 1. The van der Waals surface area contributed by atoms with Gasteiger partial charge in [0.15, 0.2) is 5.96 Å². The molecule has 4 rings (SSSR count). The van der Waals surface area contributed by atoms with Crippen molar-refractivity contribution in [2.75, 3.05) is 38.1 Å². The first-order chi connectivity index (χ1) is 15.6. The number of hydrogen-bond acceptors (Lipinski definition) is 3. The van der Waals surface area contributed by atoms with E-state index < -0.39 is 0 Å². The summed E-state index contributed by atoms with van der Waals surface area (Å²) in [6, 6.07) is 9.20. The summed E-state index contributed by atoms with van der Waals surface area (Å²) in [5, 5.41) is 6.97. The molecule has 1 atom stereocenters. The Morgan fingerprint density at radius 3 is 2.41 bits per heavy atom. The zero-order chi connectivity index (χ0) is 22.3. The molecule has 3 fully saturated rings. The minimum atomic E-state index is 0.260. The van der Waals surface area contributed by atoms with Gasteiger partial charge in [0, 0.05) is 57.4 Å². The van der Waals surface area contributed by atoms with Gasteiger partial charge in [0.05, 0.1) is 0 Å². The lowest BCUT2D eigenvalue weighted by molar-refractivity contribution is -0.135. The van der Waals surface area contributed by atoms with Crippen molar-refractivity contribution in [1.29, 1.82) is 0 Å². The van der Waals surface area contributed by atoms with Crippen LogP contribution in [-0.4, -0.2) is 56.0 Å². The van der Waals surface area contributed by atoms with Crippen LogP contribution in [0.5, 0.6) is 0 Å². The number of aliphatic imine (C=N–C) groups is 1. The number of likely N-dealkylation sites (tertiary alicyclic amines) is 1. The van der Waals surface area contributed by atoms with E-state index in [2.05, 4.69) is 56.6 Å². The summed E-state index contributed by atoms with van der Waals surface area (Å²) in [4.78, 5) is 21.8. The van der Waals surface area contributed by atoms with Gasteiger partial charge in [-0.05, 0) is 55.7 Å². The fourth-order valence-electron chi connectivity index (χ4n) is 5.35. The second-order valence-electron chi connectivity index (χ2n) is 10.0. The average molecular weight is 440 g/mol. The molecule has 0 radical (unpaired) electrons. The van der Waals surface area contributed by atoms with Crippen LogP contribution < -0.4 is 15.5 Å². The number of piperidine rings is 1. The first kappa shape index (κ1) is 22.9. The molecule has 2 N–H and O–H groups in total. The minimum Gasteiger partial charge on any atom is -0.372 e. The van der Waals surface area contributed by atoms with Crippen LogP contribution in [0.25, 0.3) is 0 Å². The number of carbonyl (C=O) groups excluding carboxylic acids is 1. The molecule has 1 aliphatic carbocycles. The highest BCUT2D eigenvalue weighted by atomic mass is 16.2. The van der Waals surface area contributed by atoms with E-state index in [9.17, 15) is 4.79 Å². The number of nitrogens with one attached hydrogen (secondary N) is 2. The molecule has 6 nitrogen and oxygen atoms in total. The van der Waals surface area contributed by atoms with E-state index in [4.69, 9.17) is 0 Å². The van der Waals surface area contributed by atoms with Crippen molar-refractivity contribution >= 4 is 17.6 Å². The molecule has 0 bridgehead atoms. The third kappa shape index (κ3) is 5.96. The molecule has 6 heteroatoms. The fourth-order valence-corrected chi connectivity index (χ4v) is 5.35. The summed E-state index contributed by atoms with van der Waals surface area (Å²) in [5.74, 6) is 2.30. The molecule has 3 aliphatic rings. The van der Waals surface area contributed by atoms with Crippen LogP contribution in [0.1, 0.15) is 63.9 Å². The summed E-state index contributed by atoms with van der Waals surface area (Å²) >= 11 is 0. The van der Waals surface area contributed by atoms with Crippen molar-refractivity contribution in [3.8, 4) is 0 Å². The smallest absolute Gasteiger partial charge is 0.225 e. The predicted molar refractivity (Wildman–Crippen MR) is 132 cm³/mol. The molecule has 0 aromatic heterocycles. The summed E-state index contributed by atoms with van der Waals surface area (Å²) in [5.41, 5.74) is 2.58. The Hall–Kier alpha value is -2.24. The molecule has 1 aromatic rings. The normalized spacial score (nSPS) is 23.4. The van der Waals surface area contributed by atoms with Crippen molar-refractivity contribution in [1.82, 2.24) is 15.5 Å². The van der Waals surface area contributed by atoms with E-state index >= 15 is 0 Å². The first-order valence-corrected chi connectivity index (χ1v) is 12.7. The highest BCUT2D eigenvalue weighted by molar-refractivity contribution is 5.81. The maximum atomic E-state index is 12.8. The monoisotopic (exact) mass is 439 g/mol. The Bertz CT molecular complexity index is 763. The molecule has 176 valence electrons. The molecule has 1 saturated carbocycles. The average Bonchev–Trinajstić information content (AvgIpc) is 3.31. The Kier molecular flexibility index (Phi) is 7.93. The molecule has 32 heavy (non-hydrogen) atoms. The van der Waals surface area contributed by atoms with Gasteiger partial charge in [-0.2, -0.15) is 0 Å². The van der Waals surface area contributed by atoms with E-state index in [1.807, 2.05) is 7.05 Å². The summed E-state index contributed by atoms with van der Waals surface area (Å²) in [7, 11) is 1.82. The first-order valence-electron chi connectivity index (χ1n) is 12.7. The Labute approximate surface area is 193 Å². The molecular formula is C26H41N5O. The second kappa shape index (κ2) is 11.1. The van der Waals surface area contributed by atoms with Crippen LogP contribution in [-0.2, 0) is 11.3 Å². The lowest BCUT2D eigenvalue weighted by Crippen LogP contribution is -2.45. The Morgan fingerprint density at radius 1 is 1.00 bits per heavy atom. The highest BCUT2D eigenvalue weighted by Gasteiger charge is 2.31. The van der Waals surface area contributed by atoms with Crippen LogP contribution in [0, 0.1) is 11.8 Å². The van der Waals surface area contributed by atoms with Crippen molar-refractivity contribution in [3.05, 3.63) is 29.8 Å². The van der Waals surface area contributed by atoms with Gasteiger partial charge in [-0.15, -0.1) is 0 Å². The molecule has 0 spiro atoms. The van der Waals surface area contributed by atoms with Crippen molar-refractivity contribution in [2.24, 2.45) is 16.8 Å². The molecule has 1 aromatic carbocycles. The number of carbonyl (C=O) groups is 1. The maximum Gasteiger partial charge on any atom is 0.225 e. The fraction of sp³-hybridized carbons (Fsp3) is 0.692. The lowest BCUT2D eigenvalue weighted by Gasteiger charge is -2.32. The highest BCUT2D eigenvalue weighted by Crippen LogP contribution is 2.27. The van der Waals surface area contributed by atoms with Gasteiger partial charge in [0.1, 0.15) is 0 Å². The SMILES string of the molecule is CN=C(NCc1ccc(N2CCC(C)CC2)cc1)NC1CCN(C(=O)C2CCCCC2)C1. The summed E-state index contributed by atoms with van der Waals surface area (Å²) < 4.78 is 0.